The lowest BCUT2D eigenvalue weighted by Crippen LogP contribution is -2.50. The molecule has 4 nitrogen and oxygen atoms in total. The predicted octanol–water partition coefficient (Wildman–Crippen LogP) is 1.99. The molecule has 0 aromatic heterocycles. The van der Waals surface area contributed by atoms with Crippen LogP contribution in [-0.2, 0) is 16.0 Å². The molecule has 0 amide bonds. The maximum Gasteiger partial charge on any atom is 0.338 e. The molecular weight excluding hydrogens is 282 g/mol. The highest BCUT2D eigenvalue weighted by Gasteiger charge is 2.35. The number of hydrogen-bond acceptors (Lipinski definition) is 4. The number of rotatable bonds is 4. The van der Waals surface area contributed by atoms with E-state index in [1.165, 1.54) is 7.11 Å². The fourth-order valence-corrected chi connectivity index (χ4v) is 2.40. The third kappa shape index (κ3) is 4.92. The van der Waals surface area contributed by atoms with E-state index in [4.69, 9.17) is 15.2 Å². The minimum Gasteiger partial charge on any atom is -0.496 e. The maximum atomic E-state index is 12.1. The Balaban J connectivity index is 3.20. The molecule has 1 aromatic carbocycles. The molecule has 0 fully saturated rings. The third-order valence-electron chi connectivity index (χ3n) is 2.87. The van der Waals surface area contributed by atoms with E-state index in [9.17, 15) is 4.79 Å². The normalized spacial score (nSPS) is 13.6. The molecule has 0 saturated carbocycles. The molecule has 0 aliphatic heterocycles. The number of ether oxygens (including phenoxy) is 2. The number of methoxy groups -OCH3 is 2. The highest BCUT2D eigenvalue weighted by molar-refractivity contribution is 6.83. The summed E-state index contributed by atoms with van der Waals surface area (Å²) in [7, 11) is 1.26. The van der Waals surface area contributed by atoms with Gasteiger partial charge in [0.2, 0.25) is 0 Å². The molecule has 0 aliphatic carbocycles. The SMILES string of the molecule is COC(=O)C(N)(C#C[Si](C)(C)C)Cc1ccccc1OC. The molecule has 0 heterocycles. The van der Waals surface area contributed by atoms with Gasteiger partial charge in [-0.05, 0) is 11.6 Å². The van der Waals surface area contributed by atoms with Crippen LogP contribution in [0, 0.1) is 11.5 Å². The third-order valence-corrected chi connectivity index (χ3v) is 3.75. The molecule has 21 heavy (non-hydrogen) atoms. The first-order valence-electron chi connectivity index (χ1n) is 6.75. The summed E-state index contributed by atoms with van der Waals surface area (Å²) in [6, 6.07) is 7.45. The second-order valence-electron chi connectivity index (χ2n) is 5.95. The minimum absolute atomic E-state index is 0.251. The lowest BCUT2D eigenvalue weighted by atomic mass is 9.92. The van der Waals surface area contributed by atoms with E-state index < -0.39 is 19.6 Å². The Bertz CT molecular complexity index is 569. The van der Waals surface area contributed by atoms with Gasteiger partial charge in [-0.1, -0.05) is 43.8 Å². The Hall–Kier alpha value is -1.77. The van der Waals surface area contributed by atoms with Crippen LogP contribution in [0.25, 0.3) is 0 Å². The van der Waals surface area contributed by atoms with Crippen molar-refractivity contribution in [2.75, 3.05) is 14.2 Å². The first-order chi connectivity index (χ1) is 9.72. The lowest BCUT2D eigenvalue weighted by molar-refractivity contribution is -0.144. The van der Waals surface area contributed by atoms with Crippen molar-refractivity contribution in [3.8, 4) is 17.2 Å². The van der Waals surface area contributed by atoms with Gasteiger partial charge in [-0.2, -0.15) is 0 Å². The summed E-state index contributed by atoms with van der Waals surface area (Å²) in [5, 5.41) is 0. The average Bonchev–Trinajstić information content (AvgIpc) is 2.44. The monoisotopic (exact) mass is 305 g/mol. The smallest absolute Gasteiger partial charge is 0.338 e. The molecule has 0 spiro atoms. The van der Waals surface area contributed by atoms with E-state index in [2.05, 4.69) is 31.1 Å². The Morgan fingerprint density at radius 2 is 1.90 bits per heavy atom. The van der Waals surface area contributed by atoms with E-state index >= 15 is 0 Å². The number of nitrogens with two attached hydrogens (primary N) is 1. The summed E-state index contributed by atoms with van der Waals surface area (Å²) in [5.74, 6) is 3.10. The summed E-state index contributed by atoms with van der Waals surface area (Å²) in [4.78, 5) is 12.1. The molecule has 0 radical (unpaired) electrons. The number of benzene rings is 1. The van der Waals surface area contributed by atoms with Gasteiger partial charge in [0.15, 0.2) is 5.54 Å². The average molecular weight is 305 g/mol. The van der Waals surface area contributed by atoms with Gasteiger partial charge in [0.05, 0.1) is 14.2 Å². The summed E-state index contributed by atoms with van der Waals surface area (Å²) in [6.07, 6.45) is 0.251. The van der Waals surface area contributed by atoms with Crippen LogP contribution in [0.1, 0.15) is 5.56 Å². The molecular formula is C16H23NO3Si. The van der Waals surface area contributed by atoms with Crippen molar-refractivity contribution in [2.45, 2.75) is 31.6 Å². The molecule has 1 atom stereocenters. The van der Waals surface area contributed by atoms with Gasteiger partial charge in [-0.3, -0.25) is 0 Å². The van der Waals surface area contributed by atoms with Crippen LogP contribution in [0.4, 0.5) is 0 Å². The van der Waals surface area contributed by atoms with Crippen LogP contribution < -0.4 is 10.5 Å². The molecule has 114 valence electrons. The zero-order valence-corrected chi connectivity index (χ0v) is 14.3. The highest BCUT2D eigenvalue weighted by Crippen LogP contribution is 2.22. The van der Waals surface area contributed by atoms with Crippen LogP contribution in [0.15, 0.2) is 24.3 Å². The van der Waals surface area contributed by atoms with Crippen LogP contribution >= 0.6 is 0 Å². The Morgan fingerprint density at radius 1 is 1.29 bits per heavy atom. The largest absolute Gasteiger partial charge is 0.496 e. The van der Waals surface area contributed by atoms with Crippen molar-refractivity contribution >= 4 is 14.0 Å². The van der Waals surface area contributed by atoms with Crippen molar-refractivity contribution in [1.82, 2.24) is 0 Å². The van der Waals surface area contributed by atoms with Crippen molar-refractivity contribution in [2.24, 2.45) is 5.73 Å². The van der Waals surface area contributed by atoms with Gasteiger partial charge in [0.25, 0.3) is 0 Å². The summed E-state index contributed by atoms with van der Waals surface area (Å²) < 4.78 is 10.1. The minimum atomic E-state index is -1.64. The zero-order chi connectivity index (χ0) is 16.1. The number of para-hydroxylation sites is 1. The highest BCUT2D eigenvalue weighted by atomic mass is 28.3. The van der Waals surface area contributed by atoms with E-state index in [1.807, 2.05) is 24.3 Å². The van der Waals surface area contributed by atoms with E-state index in [0.29, 0.717) is 5.75 Å². The lowest BCUT2D eigenvalue weighted by Gasteiger charge is -2.22. The van der Waals surface area contributed by atoms with Gasteiger partial charge in [-0.15, -0.1) is 5.54 Å². The Labute approximate surface area is 127 Å². The first-order valence-corrected chi connectivity index (χ1v) is 10.3. The molecule has 2 N–H and O–H groups in total. The van der Waals surface area contributed by atoms with Crippen molar-refractivity contribution < 1.29 is 14.3 Å². The van der Waals surface area contributed by atoms with Crippen LogP contribution in [0.3, 0.4) is 0 Å². The molecule has 0 bridgehead atoms. The number of esters is 1. The van der Waals surface area contributed by atoms with Crippen LogP contribution in [0.5, 0.6) is 5.75 Å². The van der Waals surface area contributed by atoms with Crippen molar-refractivity contribution in [1.29, 1.82) is 0 Å². The molecule has 1 rings (SSSR count). The maximum absolute atomic E-state index is 12.1. The molecule has 0 aliphatic rings. The molecule has 1 aromatic rings. The predicted molar refractivity (Wildman–Crippen MR) is 86.8 cm³/mol. The van der Waals surface area contributed by atoms with Gasteiger partial charge >= 0.3 is 5.97 Å². The van der Waals surface area contributed by atoms with Crippen molar-refractivity contribution in [3.05, 3.63) is 29.8 Å². The summed E-state index contributed by atoms with van der Waals surface area (Å²) in [6.45, 7) is 6.29. The van der Waals surface area contributed by atoms with Gasteiger partial charge in [0, 0.05) is 6.42 Å². The quantitative estimate of drug-likeness (QED) is 0.525. The van der Waals surface area contributed by atoms with Crippen LogP contribution in [0.2, 0.25) is 19.6 Å². The standard InChI is InChI=1S/C16H23NO3Si/c1-19-14-9-7-6-8-13(14)12-16(17,15(18)20-2)10-11-21(3,4)5/h6-9H,12,17H2,1-5H3. The first kappa shape index (κ1) is 17.3. The molecule has 1 unspecified atom stereocenters. The zero-order valence-electron chi connectivity index (χ0n) is 13.3. The topological polar surface area (TPSA) is 61.5 Å². The number of hydrogen-bond donors (Lipinski definition) is 1. The fraction of sp³-hybridized carbons (Fsp3) is 0.438. The fourth-order valence-electron chi connectivity index (χ4n) is 1.80. The second kappa shape index (κ2) is 6.79. The van der Waals surface area contributed by atoms with Gasteiger partial charge in [0.1, 0.15) is 13.8 Å². The Morgan fingerprint density at radius 3 is 2.43 bits per heavy atom. The van der Waals surface area contributed by atoms with E-state index in [-0.39, 0.29) is 6.42 Å². The van der Waals surface area contributed by atoms with Crippen molar-refractivity contribution in [3.63, 3.8) is 0 Å². The summed E-state index contributed by atoms with van der Waals surface area (Å²) >= 11 is 0. The van der Waals surface area contributed by atoms with Gasteiger partial charge in [-0.25, -0.2) is 4.79 Å². The summed E-state index contributed by atoms with van der Waals surface area (Å²) in [5.41, 5.74) is 8.86. The molecule has 5 heteroatoms. The number of carbonyl (C=O) groups is 1. The second-order valence-corrected chi connectivity index (χ2v) is 10.7. The van der Waals surface area contributed by atoms with Crippen LogP contribution in [-0.4, -0.2) is 33.8 Å². The molecule has 0 saturated heterocycles. The van der Waals surface area contributed by atoms with E-state index in [0.717, 1.165) is 5.56 Å². The Kier molecular flexibility index (Phi) is 5.59. The van der Waals surface area contributed by atoms with Gasteiger partial charge < -0.3 is 15.2 Å². The number of carbonyl (C=O) groups excluding carboxylic acids is 1. The van der Waals surface area contributed by atoms with E-state index in [1.54, 1.807) is 7.11 Å².